The maximum absolute atomic E-state index is 12.1. The largest absolute Gasteiger partial charge is 0.481 e. The van der Waals surface area contributed by atoms with Crippen molar-refractivity contribution in [1.29, 1.82) is 0 Å². The standard InChI is InChI=1S/C17H18ClNO2/c1-11-4-7-15(8-5-11)19-17(20)13(3)21-16-9-6-14(18)10-12(16)2/h4-10,13H,1-3H3,(H,19,20). The monoisotopic (exact) mass is 303 g/mol. The van der Waals surface area contributed by atoms with Gasteiger partial charge in [-0.05, 0) is 56.7 Å². The summed E-state index contributed by atoms with van der Waals surface area (Å²) >= 11 is 5.90. The number of carbonyl (C=O) groups is 1. The smallest absolute Gasteiger partial charge is 0.265 e. The fourth-order valence-electron chi connectivity index (χ4n) is 1.87. The summed E-state index contributed by atoms with van der Waals surface area (Å²) in [5, 5.41) is 3.48. The average Bonchev–Trinajstić information content (AvgIpc) is 2.44. The van der Waals surface area contributed by atoms with Crippen LogP contribution in [-0.4, -0.2) is 12.0 Å². The Hall–Kier alpha value is -2.00. The van der Waals surface area contributed by atoms with Gasteiger partial charge in [-0.1, -0.05) is 29.3 Å². The Balaban J connectivity index is 2.00. The first-order valence-electron chi connectivity index (χ1n) is 6.76. The molecule has 110 valence electrons. The quantitative estimate of drug-likeness (QED) is 0.911. The maximum atomic E-state index is 12.1. The van der Waals surface area contributed by atoms with Crippen LogP contribution in [0.4, 0.5) is 5.69 Å². The molecule has 1 unspecified atom stereocenters. The molecule has 0 radical (unpaired) electrons. The van der Waals surface area contributed by atoms with Gasteiger partial charge >= 0.3 is 0 Å². The minimum atomic E-state index is -0.592. The zero-order valence-corrected chi connectivity index (χ0v) is 13.1. The van der Waals surface area contributed by atoms with Gasteiger partial charge in [0.25, 0.3) is 5.91 Å². The Morgan fingerprint density at radius 1 is 1.14 bits per heavy atom. The zero-order valence-electron chi connectivity index (χ0n) is 12.3. The number of nitrogens with one attached hydrogen (secondary N) is 1. The Morgan fingerprint density at radius 3 is 2.43 bits per heavy atom. The van der Waals surface area contributed by atoms with Crippen molar-refractivity contribution in [2.75, 3.05) is 5.32 Å². The van der Waals surface area contributed by atoms with Crippen molar-refractivity contribution in [2.24, 2.45) is 0 Å². The summed E-state index contributed by atoms with van der Waals surface area (Å²) < 4.78 is 5.69. The summed E-state index contributed by atoms with van der Waals surface area (Å²) in [5.74, 6) is 0.471. The van der Waals surface area contributed by atoms with Crippen LogP contribution in [0.2, 0.25) is 5.02 Å². The zero-order chi connectivity index (χ0) is 15.4. The normalized spacial score (nSPS) is 11.8. The highest BCUT2D eigenvalue weighted by atomic mass is 35.5. The summed E-state index contributed by atoms with van der Waals surface area (Å²) in [7, 11) is 0. The third kappa shape index (κ3) is 4.23. The number of halogens is 1. The fraction of sp³-hybridized carbons (Fsp3) is 0.235. The molecule has 0 heterocycles. The highest BCUT2D eigenvalue weighted by Gasteiger charge is 2.15. The first kappa shape index (κ1) is 15.4. The second-order valence-electron chi connectivity index (χ2n) is 5.03. The molecule has 1 amide bonds. The molecule has 0 aliphatic heterocycles. The molecule has 21 heavy (non-hydrogen) atoms. The average molecular weight is 304 g/mol. The lowest BCUT2D eigenvalue weighted by atomic mass is 10.2. The van der Waals surface area contributed by atoms with E-state index in [1.54, 1.807) is 19.1 Å². The lowest BCUT2D eigenvalue weighted by Gasteiger charge is -2.16. The lowest BCUT2D eigenvalue weighted by Crippen LogP contribution is -2.30. The highest BCUT2D eigenvalue weighted by molar-refractivity contribution is 6.30. The van der Waals surface area contributed by atoms with E-state index in [2.05, 4.69) is 5.32 Å². The third-order valence-electron chi connectivity index (χ3n) is 3.13. The Bertz CT molecular complexity index is 638. The molecule has 2 aromatic rings. The van der Waals surface area contributed by atoms with Gasteiger partial charge in [-0.25, -0.2) is 0 Å². The van der Waals surface area contributed by atoms with E-state index in [0.717, 1.165) is 16.8 Å². The number of anilines is 1. The Morgan fingerprint density at radius 2 is 1.81 bits per heavy atom. The van der Waals surface area contributed by atoms with E-state index in [0.29, 0.717) is 10.8 Å². The Kier molecular flexibility index (Phi) is 4.86. The summed E-state index contributed by atoms with van der Waals surface area (Å²) in [6, 6.07) is 13.0. The minimum absolute atomic E-state index is 0.187. The van der Waals surface area contributed by atoms with Gasteiger partial charge in [-0.3, -0.25) is 4.79 Å². The number of ether oxygens (including phenoxy) is 1. The number of hydrogen-bond donors (Lipinski definition) is 1. The van der Waals surface area contributed by atoms with E-state index in [1.807, 2.05) is 44.2 Å². The molecule has 3 nitrogen and oxygen atoms in total. The van der Waals surface area contributed by atoms with E-state index in [9.17, 15) is 4.79 Å². The first-order chi connectivity index (χ1) is 9.95. The molecule has 0 bridgehead atoms. The van der Waals surface area contributed by atoms with Gasteiger partial charge < -0.3 is 10.1 Å². The van der Waals surface area contributed by atoms with E-state index in [-0.39, 0.29) is 5.91 Å². The van der Waals surface area contributed by atoms with Gasteiger partial charge in [0.2, 0.25) is 0 Å². The van der Waals surface area contributed by atoms with Gasteiger partial charge in [0.1, 0.15) is 5.75 Å². The molecular formula is C17H18ClNO2. The SMILES string of the molecule is Cc1ccc(NC(=O)C(C)Oc2ccc(Cl)cc2C)cc1. The van der Waals surface area contributed by atoms with Crippen LogP contribution in [0.5, 0.6) is 5.75 Å². The van der Waals surface area contributed by atoms with E-state index in [1.165, 1.54) is 0 Å². The van der Waals surface area contributed by atoms with Crippen LogP contribution in [0.25, 0.3) is 0 Å². The molecule has 0 fully saturated rings. The van der Waals surface area contributed by atoms with Gasteiger partial charge in [0.05, 0.1) is 0 Å². The summed E-state index contributed by atoms with van der Waals surface area (Å²) in [6.07, 6.45) is -0.592. The molecule has 0 aromatic heterocycles. The summed E-state index contributed by atoms with van der Waals surface area (Å²) in [6.45, 7) is 5.62. The molecule has 0 aliphatic rings. The number of aryl methyl sites for hydroxylation is 2. The number of benzene rings is 2. The molecule has 1 N–H and O–H groups in total. The van der Waals surface area contributed by atoms with Crippen molar-refractivity contribution in [3.63, 3.8) is 0 Å². The first-order valence-corrected chi connectivity index (χ1v) is 7.14. The van der Waals surface area contributed by atoms with Gasteiger partial charge in [0, 0.05) is 10.7 Å². The van der Waals surface area contributed by atoms with Gasteiger partial charge in [-0.15, -0.1) is 0 Å². The second kappa shape index (κ2) is 6.64. The van der Waals surface area contributed by atoms with Crippen LogP contribution in [0.3, 0.4) is 0 Å². The molecule has 0 aliphatic carbocycles. The Labute approximate surface area is 129 Å². The number of hydrogen-bond acceptors (Lipinski definition) is 2. The number of rotatable bonds is 4. The van der Waals surface area contributed by atoms with E-state index < -0.39 is 6.10 Å². The predicted octanol–water partition coefficient (Wildman–Crippen LogP) is 4.36. The fourth-order valence-corrected chi connectivity index (χ4v) is 2.10. The van der Waals surface area contributed by atoms with Crippen molar-refractivity contribution in [1.82, 2.24) is 0 Å². The maximum Gasteiger partial charge on any atom is 0.265 e. The van der Waals surface area contributed by atoms with Crippen molar-refractivity contribution in [3.05, 3.63) is 58.6 Å². The molecule has 4 heteroatoms. The molecule has 2 rings (SSSR count). The lowest BCUT2D eigenvalue weighted by molar-refractivity contribution is -0.122. The van der Waals surface area contributed by atoms with E-state index >= 15 is 0 Å². The van der Waals surface area contributed by atoms with Crippen LogP contribution >= 0.6 is 11.6 Å². The number of carbonyl (C=O) groups excluding carboxylic acids is 1. The molecule has 0 spiro atoms. The summed E-state index contributed by atoms with van der Waals surface area (Å²) in [4.78, 5) is 12.1. The van der Waals surface area contributed by atoms with Crippen molar-refractivity contribution < 1.29 is 9.53 Å². The van der Waals surface area contributed by atoms with E-state index in [4.69, 9.17) is 16.3 Å². The number of amides is 1. The van der Waals surface area contributed by atoms with Crippen LogP contribution < -0.4 is 10.1 Å². The van der Waals surface area contributed by atoms with Crippen molar-refractivity contribution in [2.45, 2.75) is 26.9 Å². The van der Waals surface area contributed by atoms with Crippen molar-refractivity contribution >= 4 is 23.2 Å². The van der Waals surface area contributed by atoms with Crippen LogP contribution in [0, 0.1) is 13.8 Å². The summed E-state index contributed by atoms with van der Waals surface area (Å²) in [5.41, 5.74) is 2.81. The van der Waals surface area contributed by atoms with Crippen LogP contribution in [0.1, 0.15) is 18.1 Å². The third-order valence-corrected chi connectivity index (χ3v) is 3.36. The van der Waals surface area contributed by atoms with Crippen molar-refractivity contribution in [3.8, 4) is 5.75 Å². The molecule has 1 atom stereocenters. The molecule has 2 aromatic carbocycles. The highest BCUT2D eigenvalue weighted by Crippen LogP contribution is 2.23. The van der Waals surface area contributed by atoms with Gasteiger partial charge in [0.15, 0.2) is 6.10 Å². The van der Waals surface area contributed by atoms with Crippen LogP contribution in [0.15, 0.2) is 42.5 Å². The second-order valence-corrected chi connectivity index (χ2v) is 5.46. The molecular weight excluding hydrogens is 286 g/mol. The van der Waals surface area contributed by atoms with Gasteiger partial charge in [-0.2, -0.15) is 0 Å². The predicted molar refractivity (Wildman–Crippen MR) is 86.1 cm³/mol. The topological polar surface area (TPSA) is 38.3 Å². The van der Waals surface area contributed by atoms with Crippen LogP contribution in [-0.2, 0) is 4.79 Å². The minimum Gasteiger partial charge on any atom is -0.481 e. The molecule has 0 saturated heterocycles. The molecule has 0 saturated carbocycles.